The van der Waals surface area contributed by atoms with Gasteiger partial charge in [0.1, 0.15) is 5.03 Å². The molecule has 0 saturated carbocycles. The summed E-state index contributed by atoms with van der Waals surface area (Å²) in [5, 5.41) is 15.4. The van der Waals surface area contributed by atoms with Crippen LogP contribution in [-0.4, -0.2) is 21.3 Å². The van der Waals surface area contributed by atoms with Crippen LogP contribution in [0.5, 0.6) is 0 Å². The summed E-state index contributed by atoms with van der Waals surface area (Å²) in [7, 11) is 0. The molecule has 2 heterocycles. The predicted octanol–water partition coefficient (Wildman–Crippen LogP) is 2.94. The maximum atomic E-state index is 12.2. The third-order valence-electron chi connectivity index (χ3n) is 1.93. The Morgan fingerprint density at radius 3 is 2.42 bits per heavy atom. The van der Waals surface area contributed by atoms with Crippen molar-refractivity contribution in [3.63, 3.8) is 0 Å². The molecule has 2 aromatic rings. The Labute approximate surface area is 108 Å². The average Bonchev–Trinajstić information content (AvgIpc) is 2.77. The quantitative estimate of drug-likeness (QED) is 0.936. The van der Waals surface area contributed by atoms with Crippen LogP contribution >= 0.6 is 11.8 Å². The van der Waals surface area contributed by atoms with Crippen LogP contribution < -0.4 is 0 Å². The van der Waals surface area contributed by atoms with Crippen LogP contribution in [0.15, 0.2) is 38.8 Å². The zero-order valence-corrected chi connectivity index (χ0v) is 9.83. The van der Waals surface area contributed by atoms with E-state index in [1.54, 1.807) is 0 Å². The van der Waals surface area contributed by atoms with Gasteiger partial charge in [0.15, 0.2) is 10.8 Å². The lowest BCUT2D eigenvalue weighted by molar-refractivity contribution is -0.141. The molecule has 0 fully saturated rings. The van der Waals surface area contributed by atoms with Gasteiger partial charge in [-0.3, -0.25) is 0 Å². The fourth-order valence-electron chi connectivity index (χ4n) is 1.12. The van der Waals surface area contributed by atoms with E-state index in [0.29, 0.717) is 0 Å². The molecule has 0 amide bonds. The van der Waals surface area contributed by atoms with E-state index >= 15 is 0 Å². The molecule has 2 rings (SSSR count). The number of carboxylic acids is 1. The number of alkyl halides is 3. The van der Waals surface area contributed by atoms with Crippen LogP contribution in [0.4, 0.5) is 13.2 Å². The van der Waals surface area contributed by atoms with Crippen molar-refractivity contribution in [2.75, 3.05) is 0 Å². The molecule has 5 nitrogen and oxygen atoms in total. The highest BCUT2D eigenvalue weighted by atomic mass is 32.2. The largest absolute Gasteiger partial charge is 0.475 e. The van der Waals surface area contributed by atoms with E-state index in [0.717, 1.165) is 23.9 Å². The van der Waals surface area contributed by atoms with Crippen molar-refractivity contribution in [3.8, 4) is 0 Å². The Morgan fingerprint density at radius 2 is 1.95 bits per heavy atom. The second kappa shape index (κ2) is 4.92. The Kier molecular flexibility index (Phi) is 3.47. The first-order chi connectivity index (χ1) is 8.86. The van der Waals surface area contributed by atoms with Gasteiger partial charge in [-0.2, -0.15) is 13.2 Å². The molecule has 100 valence electrons. The Hall–Kier alpha value is -2.03. The first kappa shape index (κ1) is 13.4. The Morgan fingerprint density at radius 1 is 1.21 bits per heavy atom. The van der Waals surface area contributed by atoms with Crippen LogP contribution in [0.1, 0.15) is 16.2 Å². The topological polar surface area (TPSA) is 76.2 Å². The summed E-state index contributed by atoms with van der Waals surface area (Å²) >= 11 is 0.874. The molecule has 2 aromatic heterocycles. The number of carbonyl (C=O) groups is 1. The van der Waals surface area contributed by atoms with E-state index in [4.69, 9.17) is 9.52 Å². The minimum atomic E-state index is -4.54. The summed E-state index contributed by atoms with van der Waals surface area (Å²) < 4.78 is 41.7. The highest BCUT2D eigenvalue weighted by Gasteiger charge is 2.32. The normalized spacial score (nSPS) is 11.5. The van der Waals surface area contributed by atoms with Crippen molar-refractivity contribution < 1.29 is 27.5 Å². The van der Waals surface area contributed by atoms with Gasteiger partial charge < -0.3 is 9.52 Å². The van der Waals surface area contributed by atoms with E-state index in [1.807, 2.05) is 0 Å². The maximum Gasteiger partial charge on any atom is 0.435 e. The number of carboxylic acid groups (broad SMARTS) is 1. The molecule has 0 spiro atoms. The van der Waals surface area contributed by atoms with Gasteiger partial charge in [-0.1, -0.05) is 0 Å². The third-order valence-corrected chi connectivity index (χ3v) is 2.78. The minimum absolute atomic E-state index is 0.166. The van der Waals surface area contributed by atoms with Crippen LogP contribution in [0.3, 0.4) is 0 Å². The molecule has 0 aliphatic carbocycles. The predicted molar refractivity (Wildman–Crippen MR) is 56.8 cm³/mol. The molecule has 0 aromatic carbocycles. The van der Waals surface area contributed by atoms with Crippen molar-refractivity contribution in [2.24, 2.45) is 0 Å². The van der Waals surface area contributed by atoms with Crippen LogP contribution in [-0.2, 0) is 6.18 Å². The number of hydrogen-bond donors (Lipinski definition) is 1. The second-order valence-electron chi connectivity index (χ2n) is 3.28. The number of hydrogen-bond acceptors (Lipinski definition) is 5. The summed E-state index contributed by atoms with van der Waals surface area (Å²) in [5.74, 6) is -1.49. The summed E-state index contributed by atoms with van der Waals surface area (Å²) in [6.07, 6.45) is -4.54. The average molecular weight is 290 g/mol. The van der Waals surface area contributed by atoms with Gasteiger partial charge in [-0.25, -0.2) is 4.79 Å². The molecule has 9 heteroatoms. The standard InChI is InChI=1S/C10H5F3N2O3S/c11-10(12,13)6-2-3-7(15-14-6)19-8-4-1-5(18-8)9(16)17/h1-4H,(H,16,17). The van der Waals surface area contributed by atoms with Crippen LogP contribution in [0.2, 0.25) is 0 Å². The molecule has 0 bridgehead atoms. The first-order valence-corrected chi connectivity index (χ1v) is 5.60. The maximum absolute atomic E-state index is 12.2. The van der Waals surface area contributed by atoms with E-state index in [2.05, 4.69) is 10.2 Å². The number of rotatable bonds is 3. The Bertz CT molecular complexity index is 595. The van der Waals surface area contributed by atoms with E-state index in [1.165, 1.54) is 12.1 Å². The molecule has 0 unspecified atom stereocenters. The lowest BCUT2D eigenvalue weighted by Crippen LogP contribution is -2.08. The van der Waals surface area contributed by atoms with Crippen molar-refractivity contribution in [1.82, 2.24) is 10.2 Å². The zero-order chi connectivity index (χ0) is 14.0. The molecule has 0 aliphatic heterocycles. The molecule has 0 radical (unpaired) electrons. The molecule has 0 saturated heterocycles. The summed E-state index contributed by atoms with van der Waals surface area (Å²) in [5.41, 5.74) is -1.09. The van der Waals surface area contributed by atoms with Gasteiger partial charge in [-0.05, 0) is 36.0 Å². The molecular formula is C10H5F3N2O3S. The lowest BCUT2D eigenvalue weighted by atomic mass is 10.4. The molecule has 1 N–H and O–H groups in total. The fraction of sp³-hybridized carbons (Fsp3) is 0.100. The number of aromatic carboxylic acids is 1. The van der Waals surface area contributed by atoms with Gasteiger partial charge >= 0.3 is 12.1 Å². The van der Waals surface area contributed by atoms with Crippen molar-refractivity contribution in [2.45, 2.75) is 16.3 Å². The zero-order valence-electron chi connectivity index (χ0n) is 9.01. The molecule has 0 aliphatic rings. The fourth-order valence-corrected chi connectivity index (χ4v) is 1.81. The van der Waals surface area contributed by atoms with Crippen molar-refractivity contribution >= 4 is 17.7 Å². The second-order valence-corrected chi connectivity index (χ2v) is 4.31. The van der Waals surface area contributed by atoms with E-state index < -0.39 is 17.8 Å². The highest BCUT2D eigenvalue weighted by Crippen LogP contribution is 2.30. The van der Waals surface area contributed by atoms with Gasteiger partial charge in [0.2, 0.25) is 5.76 Å². The summed E-state index contributed by atoms with van der Waals surface area (Å²) in [6, 6.07) is 4.54. The first-order valence-electron chi connectivity index (χ1n) is 4.78. The lowest BCUT2D eigenvalue weighted by Gasteiger charge is -2.04. The monoisotopic (exact) mass is 290 g/mol. The number of halogens is 3. The van der Waals surface area contributed by atoms with Gasteiger partial charge in [-0.15, -0.1) is 10.2 Å². The number of aromatic nitrogens is 2. The van der Waals surface area contributed by atoms with Crippen LogP contribution in [0.25, 0.3) is 0 Å². The SMILES string of the molecule is O=C(O)c1ccc(Sc2ccc(C(F)(F)F)nn2)o1. The Balaban J connectivity index is 2.13. The van der Waals surface area contributed by atoms with Gasteiger partial charge in [0, 0.05) is 0 Å². The summed E-state index contributed by atoms with van der Waals surface area (Å²) in [4.78, 5) is 10.6. The summed E-state index contributed by atoms with van der Waals surface area (Å²) in [6.45, 7) is 0. The highest BCUT2D eigenvalue weighted by molar-refractivity contribution is 7.99. The molecule has 19 heavy (non-hydrogen) atoms. The van der Waals surface area contributed by atoms with Crippen molar-refractivity contribution in [1.29, 1.82) is 0 Å². The smallest absolute Gasteiger partial charge is 0.435 e. The van der Waals surface area contributed by atoms with Crippen molar-refractivity contribution in [3.05, 3.63) is 35.7 Å². The van der Waals surface area contributed by atoms with Crippen LogP contribution in [0, 0.1) is 0 Å². The minimum Gasteiger partial charge on any atom is -0.475 e. The number of furan rings is 1. The third kappa shape index (κ3) is 3.25. The van der Waals surface area contributed by atoms with E-state index in [9.17, 15) is 18.0 Å². The molecule has 0 atom stereocenters. The van der Waals surface area contributed by atoms with Gasteiger partial charge in [0.25, 0.3) is 0 Å². The van der Waals surface area contributed by atoms with E-state index in [-0.39, 0.29) is 15.9 Å². The van der Waals surface area contributed by atoms with Gasteiger partial charge in [0.05, 0.1) is 0 Å². The molecular weight excluding hydrogens is 285 g/mol. The number of nitrogens with zero attached hydrogens (tertiary/aromatic N) is 2.